The minimum Gasteiger partial charge on any atom is -0.393 e. The fraction of sp³-hybridized carbons (Fsp3) is 0.733. The molecule has 0 saturated heterocycles. The van der Waals surface area contributed by atoms with Crippen LogP contribution in [0.1, 0.15) is 51.1 Å². The molecule has 0 aromatic carbocycles. The number of nitrogens with zero attached hydrogens (tertiary/aromatic N) is 1. The van der Waals surface area contributed by atoms with Crippen molar-refractivity contribution < 1.29 is 14.4 Å². The molecule has 0 saturated carbocycles. The summed E-state index contributed by atoms with van der Waals surface area (Å²) in [4.78, 5) is 11.9. The van der Waals surface area contributed by atoms with Crippen LogP contribution in [0.2, 0.25) is 0 Å². The molecule has 1 heterocycles. The summed E-state index contributed by atoms with van der Waals surface area (Å²) < 4.78 is 5.24. The SMILES string of the molecule is CCc1noc(CC)c1CC(=O)NCCC(O)C(C)C. The van der Waals surface area contributed by atoms with Gasteiger partial charge < -0.3 is 14.9 Å². The van der Waals surface area contributed by atoms with Crippen LogP contribution < -0.4 is 5.32 Å². The van der Waals surface area contributed by atoms with Crippen LogP contribution >= 0.6 is 0 Å². The van der Waals surface area contributed by atoms with Gasteiger partial charge >= 0.3 is 0 Å². The lowest BCUT2D eigenvalue weighted by molar-refractivity contribution is -0.120. The second-order valence-corrected chi connectivity index (χ2v) is 5.36. The Bertz CT molecular complexity index is 405. The van der Waals surface area contributed by atoms with Crippen molar-refractivity contribution in [3.05, 3.63) is 17.0 Å². The molecule has 0 bridgehead atoms. The van der Waals surface area contributed by atoms with Crippen LogP contribution in [-0.4, -0.2) is 28.8 Å². The van der Waals surface area contributed by atoms with Gasteiger partial charge in [0, 0.05) is 18.5 Å². The third-order valence-corrected chi connectivity index (χ3v) is 3.48. The maximum Gasteiger partial charge on any atom is 0.224 e. The Labute approximate surface area is 120 Å². The zero-order valence-corrected chi connectivity index (χ0v) is 12.9. The first-order valence-corrected chi connectivity index (χ1v) is 7.40. The van der Waals surface area contributed by atoms with Gasteiger partial charge in [-0.05, 0) is 18.8 Å². The molecule has 0 spiro atoms. The van der Waals surface area contributed by atoms with Gasteiger partial charge in [0.25, 0.3) is 0 Å². The molecule has 0 aliphatic carbocycles. The molecule has 0 aliphatic rings. The smallest absolute Gasteiger partial charge is 0.224 e. The molecule has 1 amide bonds. The zero-order chi connectivity index (χ0) is 15.1. The average molecular weight is 282 g/mol. The van der Waals surface area contributed by atoms with Crippen molar-refractivity contribution in [3.63, 3.8) is 0 Å². The largest absolute Gasteiger partial charge is 0.393 e. The first-order chi connectivity index (χ1) is 9.49. The third kappa shape index (κ3) is 4.63. The van der Waals surface area contributed by atoms with Gasteiger partial charge in [-0.3, -0.25) is 4.79 Å². The summed E-state index contributed by atoms with van der Waals surface area (Å²) in [5.74, 6) is 0.955. The van der Waals surface area contributed by atoms with E-state index < -0.39 is 0 Å². The Kier molecular flexibility index (Phi) is 6.71. The van der Waals surface area contributed by atoms with E-state index in [0.29, 0.717) is 19.4 Å². The fourth-order valence-electron chi connectivity index (χ4n) is 2.05. The molecular weight excluding hydrogens is 256 g/mol. The monoisotopic (exact) mass is 282 g/mol. The molecule has 0 radical (unpaired) electrons. The van der Waals surface area contributed by atoms with E-state index >= 15 is 0 Å². The number of hydrogen-bond donors (Lipinski definition) is 2. The lowest BCUT2D eigenvalue weighted by atomic mass is 10.0. The molecule has 0 aliphatic heterocycles. The number of carbonyl (C=O) groups is 1. The third-order valence-electron chi connectivity index (χ3n) is 3.48. The summed E-state index contributed by atoms with van der Waals surface area (Å²) in [6.45, 7) is 8.40. The number of aromatic nitrogens is 1. The van der Waals surface area contributed by atoms with Crippen LogP contribution in [0.25, 0.3) is 0 Å². The molecule has 1 atom stereocenters. The highest BCUT2D eigenvalue weighted by Crippen LogP contribution is 2.16. The van der Waals surface area contributed by atoms with Crippen molar-refractivity contribution in [2.24, 2.45) is 5.92 Å². The molecular formula is C15H26N2O3. The van der Waals surface area contributed by atoms with E-state index in [9.17, 15) is 9.90 Å². The van der Waals surface area contributed by atoms with Crippen LogP contribution in [0.5, 0.6) is 0 Å². The van der Waals surface area contributed by atoms with Crippen molar-refractivity contribution in [2.75, 3.05) is 6.54 Å². The first-order valence-electron chi connectivity index (χ1n) is 7.40. The summed E-state index contributed by atoms with van der Waals surface area (Å²) in [7, 11) is 0. The van der Waals surface area contributed by atoms with Gasteiger partial charge in [0.2, 0.25) is 5.91 Å². The minimum atomic E-state index is -0.372. The topological polar surface area (TPSA) is 75.4 Å². The standard InChI is InChI=1S/C15H26N2O3/c1-5-12-11(14(6-2)20-17-12)9-15(19)16-8-7-13(18)10(3)4/h10,13,18H,5-9H2,1-4H3,(H,16,19). The Morgan fingerprint density at radius 2 is 2.05 bits per heavy atom. The lowest BCUT2D eigenvalue weighted by Crippen LogP contribution is -2.30. The number of aliphatic hydroxyl groups excluding tert-OH is 1. The minimum absolute atomic E-state index is 0.0476. The van der Waals surface area contributed by atoms with Gasteiger partial charge in [-0.15, -0.1) is 0 Å². The molecule has 0 fully saturated rings. The van der Waals surface area contributed by atoms with Crippen molar-refractivity contribution >= 4 is 5.91 Å². The predicted molar refractivity (Wildman–Crippen MR) is 77.4 cm³/mol. The number of hydrogen-bond acceptors (Lipinski definition) is 4. The van der Waals surface area contributed by atoms with E-state index in [1.165, 1.54) is 0 Å². The van der Waals surface area contributed by atoms with Crippen LogP contribution in [-0.2, 0) is 24.1 Å². The number of rotatable bonds is 8. The highest BCUT2D eigenvalue weighted by molar-refractivity contribution is 5.79. The van der Waals surface area contributed by atoms with E-state index in [-0.39, 0.29) is 17.9 Å². The van der Waals surface area contributed by atoms with E-state index in [1.807, 2.05) is 27.7 Å². The molecule has 1 aromatic heterocycles. The normalized spacial score (nSPS) is 12.7. The molecule has 5 heteroatoms. The number of carbonyl (C=O) groups excluding carboxylic acids is 1. The van der Waals surface area contributed by atoms with Crippen molar-refractivity contribution in [3.8, 4) is 0 Å². The quantitative estimate of drug-likeness (QED) is 0.763. The van der Waals surface area contributed by atoms with Crippen molar-refractivity contribution in [1.82, 2.24) is 10.5 Å². The lowest BCUT2D eigenvalue weighted by Gasteiger charge is -2.14. The number of amides is 1. The second-order valence-electron chi connectivity index (χ2n) is 5.36. The predicted octanol–water partition coefficient (Wildman–Crippen LogP) is 1.87. The Balaban J connectivity index is 2.48. The van der Waals surface area contributed by atoms with E-state index in [4.69, 9.17) is 4.52 Å². The van der Waals surface area contributed by atoms with Gasteiger partial charge in [-0.2, -0.15) is 0 Å². The number of nitrogens with one attached hydrogen (secondary N) is 1. The first kappa shape index (κ1) is 16.7. The molecule has 2 N–H and O–H groups in total. The molecule has 1 rings (SSSR count). The zero-order valence-electron chi connectivity index (χ0n) is 12.9. The number of aryl methyl sites for hydroxylation is 2. The van der Waals surface area contributed by atoms with Gasteiger partial charge in [0.05, 0.1) is 18.2 Å². The van der Waals surface area contributed by atoms with Crippen LogP contribution in [0.3, 0.4) is 0 Å². The maximum atomic E-state index is 11.9. The molecule has 1 aromatic rings. The summed E-state index contributed by atoms with van der Waals surface area (Å²) in [5.41, 5.74) is 1.77. The highest BCUT2D eigenvalue weighted by Gasteiger charge is 2.17. The van der Waals surface area contributed by atoms with E-state index in [2.05, 4.69) is 10.5 Å². The summed E-state index contributed by atoms with van der Waals surface area (Å²) >= 11 is 0. The summed E-state index contributed by atoms with van der Waals surface area (Å²) in [5, 5.41) is 16.5. The Morgan fingerprint density at radius 3 is 2.60 bits per heavy atom. The molecule has 5 nitrogen and oxygen atoms in total. The molecule has 1 unspecified atom stereocenters. The second kappa shape index (κ2) is 8.04. The number of aliphatic hydroxyl groups is 1. The average Bonchev–Trinajstić information content (AvgIpc) is 2.80. The summed E-state index contributed by atoms with van der Waals surface area (Å²) in [6.07, 6.45) is 2.00. The van der Waals surface area contributed by atoms with Gasteiger partial charge in [0.15, 0.2) is 0 Å². The van der Waals surface area contributed by atoms with Gasteiger partial charge in [0.1, 0.15) is 5.76 Å². The van der Waals surface area contributed by atoms with Crippen molar-refractivity contribution in [1.29, 1.82) is 0 Å². The maximum absolute atomic E-state index is 11.9. The van der Waals surface area contributed by atoms with Crippen LogP contribution in [0.4, 0.5) is 0 Å². The fourth-order valence-corrected chi connectivity index (χ4v) is 2.05. The molecule has 20 heavy (non-hydrogen) atoms. The van der Waals surface area contributed by atoms with E-state index in [1.54, 1.807) is 0 Å². The van der Waals surface area contributed by atoms with Crippen LogP contribution in [0, 0.1) is 5.92 Å². The van der Waals surface area contributed by atoms with Crippen molar-refractivity contribution in [2.45, 2.75) is 59.5 Å². The van der Waals surface area contributed by atoms with Crippen LogP contribution in [0.15, 0.2) is 4.52 Å². The van der Waals surface area contributed by atoms with Gasteiger partial charge in [-0.25, -0.2) is 0 Å². The van der Waals surface area contributed by atoms with E-state index in [0.717, 1.165) is 29.9 Å². The Hall–Kier alpha value is -1.36. The summed E-state index contributed by atoms with van der Waals surface area (Å²) in [6, 6.07) is 0. The Morgan fingerprint density at radius 1 is 1.35 bits per heavy atom. The highest BCUT2D eigenvalue weighted by atomic mass is 16.5. The molecule has 114 valence electrons. The van der Waals surface area contributed by atoms with Gasteiger partial charge in [-0.1, -0.05) is 32.9 Å².